The normalized spacial score (nSPS) is 12.4. The Labute approximate surface area is 111 Å². The molecule has 0 fully saturated rings. The number of carbonyl (C=O) groups is 1. The van der Waals surface area contributed by atoms with Crippen LogP contribution in [0.15, 0.2) is 28.0 Å². The van der Waals surface area contributed by atoms with Crippen molar-refractivity contribution < 1.29 is 31.5 Å². The largest absolute Gasteiger partial charge is 0.478 e. The highest BCUT2D eigenvalue weighted by Gasteiger charge is 2.28. The maximum atomic E-state index is 12.1. The lowest BCUT2D eigenvalue weighted by atomic mass is 10.2. The van der Waals surface area contributed by atoms with E-state index in [0.717, 1.165) is 24.5 Å². The van der Waals surface area contributed by atoms with Crippen LogP contribution in [0.4, 0.5) is 13.2 Å². The molecule has 19 heavy (non-hydrogen) atoms. The smallest absolute Gasteiger partial charge is 0.398 e. The second-order valence-electron chi connectivity index (χ2n) is 3.64. The van der Waals surface area contributed by atoms with Gasteiger partial charge < -0.3 is 5.11 Å². The van der Waals surface area contributed by atoms with Crippen molar-refractivity contribution >= 4 is 27.6 Å². The molecule has 9 heteroatoms. The minimum Gasteiger partial charge on any atom is -0.478 e. The van der Waals surface area contributed by atoms with Gasteiger partial charge in [-0.15, -0.1) is 11.8 Å². The summed E-state index contributed by atoms with van der Waals surface area (Å²) in [6, 6.07) is 3.01. The number of aromatic carboxylic acids is 1. The first-order chi connectivity index (χ1) is 8.50. The molecule has 0 spiro atoms. The van der Waals surface area contributed by atoms with Crippen LogP contribution in [0.5, 0.6) is 0 Å². The summed E-state index contributed by atoms with van der Waals surface area (Å²) < 4.78 is 58.7. The lowest BCUT2D eigenvalue weighted by Crippen LogP contribution is -2.11. The van der Waals surface area contributed by atoms with E-state index in [1.807, 2.05) is 0 Å². The maximum absolute atomic E-state index is 12.1. The highest BCUT2D eigenvalue weighted by atomic mass is 32.2. The predicted octanol–water partition coefficient (Wildman–Crippen LogP) is 2.44. The average molecular weight is 314 g/mol. The summed E-state index contributed by atoms with van der Waals surface area (Å²) in [6.07, 6.45) is -3.55. The molecule has 106 valence electrons. The number of rotatable bonds is 4. The van der Waals surface area contributed by atoms with Crippen LogP contribution in [0.2, 0.25) is 0 Å². The van der Waals surface area contributed by atoms with Crippen LogP contribution in [-0.2, 0) is 9.84 Å². The van der Waals surface area contributed by atoms with Gasteiger partial charge in [-0.2, -0.15) is 13.2 Å². The molecule has 0 atom stereocenters. The second-order valence-corrected chi connectivity index (χ2v) is 6.67. The Balaban J connectivity index is 3.16. The van der Waals surface area contributed by atoms with Crippen LogP contribution in [0.25, 0.3) is 0 Å². The van der Waals surface area contributed by atoms with Gasteiger partial charge in [-0.1, -0.05) is 0 Å². The molecule has 0 saturated carbocycles. The standard InChI is InChI=1S/C10H9F3O4S2/c1-19(16,17)6-2-3-8(7(4-6)9(14)15)18-5-10(11,12)13/h2-4H,5H2,1H3,(H,14,15). The van der Waals surface area contributed by atoms with Gasteiger partial charge >= 0.3 is 12.1 Å². The van der Waals surface area contributed by atoms with Crippen molar-refractivity contribution in [3.63, 3.8) is 0 Å². The summed E-state index contributed by atoms with van der Waals surface area (Å²) in [5.41, 5.74) is -0.461. The van der Waals surface area contributed by atoms with Gasteiger partial charge in [-0.25, -0.2) is 13.2 Å². The van der Waals surface area contributed by atoms with Crippen molar-refractivity contribution in [1.29, 1.82) is 0 Å². The van der Waals surface area contributed by atoms with Crippen molar-refractivity contribution in [2.75, 3.05) is 12.0 Å². The zero-order valence-electron chi connectivity index (χ0n) is 9.56. The molecule has 0 saturated heterocycles. The van der Waals surface area contributed by atoms with E-state index in [2.05, 4.69) is 0 Å². The van der Waals surface area contributed by atoms with E-state index in [0.29, 0.717) is 11.8 Å². The molecule has 0 bridgehead atoms. The highest BCUT2D eigenvalue weighted by molar-refractivity contribution is 7.99. The Hall–Kier alpha value is -1.22. The number of carboxylic acid groups (broad SMARTS) is 1. The summed E-state index contributed by atoms with van der Waals surface area (Å²) in [6.45, 7) is 0. The van der Waals surface area contributed by atoms with E-state index < -0.39 is 33.3 Å². The number of alkyl halides is 3. The topological polar surface area (TPSA) is 71.4 Å². The first-order valence-corrected chi connectivity index (χ1v) is 7.65. The van der Waals surface area contributed by atoms with Crippen molar-refractivity contribution in [2.45, 2.75) is 16.0 Å². The Kier molecular flexibility index (Phi) is 4.51. The molecule has 1 aromatic carbocycles. The fourth-order valence-corrected chi connectivity index (χ4v) is 2.62. The molecule has 0 aliphatic rings. The monoisotopic (exact) mass is 314 g/mol. The predicted molar refractivity (Wildman–Crippen MR) is 63.3 cm³/mol. The summed E-state index contributed by atoms with van der Waals surface area (Å²) >= 11 is 0.301. The molecule has 0 aliphatic heterocycles. The van der Waals surface area contributed by atoms with Gasteiger partial charge in [0.05, 0.1) is 16.2 Å². The number of hydrogen-bond acceptors (Lipinski definition) is 4. The molecular formula is C10H9F3O4S2. The van der Waals surface area contributed by atoms with Crippen LogP contribution in [0, 0.1) is 0 Å². The van der Waals surface area contributed by atoms with Crippen molar-refractivity contribution in [3.8, 4) is 0 Å². The molecule has 1 N–H and O–H groups in total. The van der Waals surface area contributed by atoms with Crippen molar-refractivity contribution in [3.05, 3.63) is 23.8 Å². The SMILES string of the molecule is CS(=O)(=O)c1ccc(SCC(F)(F)F)c(C(=O)O)c1. The zero-order valence-corrected chi connectivity index (χ0v) is 11.2. The molecule has 1 rings (SSSR count). The van der Waals surface area contributed by atoms with E-state index in [1.54, 1.807) is 0 Å². The van der Waals surface area contributed by atoms with Crippen molar-refractivity contribution in [1.82, 2.24) is 0 Å². The fourth-order valence-electron chi connectivity index (χ4n) is 1.19. The van der Waals surface area contributed by atoms with Crippen LogP contribution in [0.3, 0.4) is 0 Å². The summed E-state index contributed by atoms with van der Waals surface area (Å²) in [7, 11) is -3.61. The third-order valence-electron chi connectivity index (χ3n) is 2.00. The molecule has 0 aromatic heterocycles. The van der Waals surface area contributed by atoms with E-state index in [-0.39, 0.29) is 9.79 Å². The third kappa shape index (κ3) is 4.75. The van der Waals surface area contributed by atoms with Crippen LogP contribution in [-0.4, -0.2) is 37.7 Å². The number of thioether (sulfide) groups is 1. The maximum Gasteiger partial charge on any atom is 0.398 e. The minimum atomic E-state index is -4.43. The molecule has 0 unspecified atom stereocenters. The minimum absolute atomic E-state index is 0.128. The van der Waals surface area contributed by atoms with Crippen LogP contribution >= 0.6 is 11.8 Å². The highest BCUT2D eigenvalue weighted by Crippen LogP contribution is 2.30. The van der Waals surface area contributed by atoms with Gasteiger partial charge in [0.25, 0.3) is 0 Å². The summed E-state index contributed by atoms with van der Waals surface area (Å²) in [4.78, 5) is 10.6. The molecule has 0 aliphatic carbocycles. The Morgan fingerprint density at radius 2 is 1.95 bits per heavy atom. The number of hydrogen-bond donors (Lipinski definition) is 1. The van der Waals surface area contributed by atoms with Gasteiger partial charge in [-0.3, -0.25) is 0 Å². The van der Waals surface area contributed by atoms with E-state index in [1.165, 1.54) is 0 Å². The molecular weight excluding hydrogens is 305 g/mol. The average Bonchev–Trinajstić information content (AvgIpc) is 2.23. The lowest BCUT2D eigenvalue weighted by molar-refractivity contribution is -0.105. The van der Waals surface area contributed by atoms with Gasteiger partial charge in [0.15, 0.2) is 9.84 Å². The number of sulfone groups is 1. The molecule has 0 radical (unpaired) electrons. The third-order valence-corrected chi connectivity index (χ3v) is 4.25. The number of halogens is 3. The van der Waals surface area contributed by atoms with Crippen LogP contribution < -0.4 is 0 Å². The fraction of sp³-hybridized carbons (Fsp3) is 0.300. The zero-order chi connectivity index (χ0) is 14.8. The van der Waals surface area contributed by atoms with Gasteiger partial charge in [-0.05, 0) is 18.2 Å². The molecule has 1 aromatic rings. The summed E-state index contributed by atoms with van der Waals surface area (Å²) in [5, 5.41) is 8.90. The first-order valence-electron chi connectivity index (χ1n) is 4.77. The Morgan fingerprint density at radius 1 is 1.37 bits per heavy atom. The quantitative estimate of drug-likeness (QED) is 0.864. The lowest BCUT2D eigenvalue weighted by Gasteiger charge is -2.09. The summed E-state index contributed by atoms with van der Waals surface area (Å²) in [5.74, 6) is -2.72. The van der Waals surface area contributed by atoms with E-state index in [4.69, 9.17) is 5.11 Å². The number of benzene rings is 1. The Bertz CT molecular complexity index is 593. The molecule has 4 nitrogen and oxygen atoms in total. The number of carboxylic acids is 1. The van der Waals surface area contributed by atoms with Gasteiger partial charge in [0, 0.05) is 11.2 Å². The first kappa shape index (κ1) is 15.8. The van der Waals surface area contributed by atoms with Crippen molar-refractivity contribution in [2.24, 2.45) is 0 Å². The van der Waals surface area contributed by atoms with Crippen LogP contribution in [0.1, 0.15) is 10.4 Å². The molecule has 0 heterocycles. The Morgan fingerprint density at radius 3 is 2.37 bits per heavy atom. The molecule has 0 amide bonds. The second kappa shape index (κ2) is 5.41. The van der Waals surface area contributed by atoms with Gasteiger partial charge in [0.2, 0.25) is 0 Å². The van der Waals surface area contributed by atoms with E-state index in [9.17, 15) is 26.4 Å². The van der Waals surface area contributed by atoms with E-state index >= 15 is 0 Å². The van der Waals surface area contributed by atoms with Gasteiger partial charge in [0.1, 0.15) is 0 Å².